The van der Waals surface area contributed by atoms with Gasteiger partial charge in [0.15, 0.2) is 0 Å². The van der Waals surface area contributed by atoms with Crippen LogP contribution in [0.4, 0.5) is 0 Å². The molecule has 3 heteroatoms. The Bertz CT molecular complexity index is 150. The summed E-state index contributed by atoms with van der Waals surface area (Å²) in [5.74, 6) is -0.833. The third-order valence-electron chi connectivity index (χ3n) is 2.53. The average Bonchev–Trinajstić information content (AvgIpc) is 2.64. The van der Waals surface area contributed by atoms with E-state index in [9.17, 15) is 0 Å². The van der Waals surface area contributed by atoms with Gasteiger partial charge in [0.05, 0.1) is 0 Å². The molecule has 1 rings (SSSR count). The molecular formula is C12H25NO2. The van der Waals surface area contributed by atoms with Gasteiger partial charge in [0.2, 0.25) is 0 Å². The molecule has 1 saturated heterocycles. The zero-order chi connectivity index (χ0) is 11.5. The van der Waals surface area contributed by atoms with Crippen LogP contribution >= 0.6 is 0 Å². The van der Waals surface area contributed by atoms with E-state index in [0.717, 1.165) is 6.92 Å². The maximum Gasteiger partial charge on any atom is 0.300 e. The molecule has 0 aromatic heterocycles. The van der Waals surface area contributed by atoms with E-state index in [0.29, 0.717) is 0 Å². The summed E-state index contributed by atoms with van der Waals surface area (Å²) in [6, 6.07) is 0. The lowest BCUT2D eigenvalue weighted by Gasteiger charge is -2.13. The van der Waals surface area contributed by atoms with Crippen LogP contribution in [0.25, 0.3) is 0 Å². The van der Waals surface area contributed by atoms with Gasteiger partial charge < -0.3 is 10.0 Å². The molecule has 15 heavy (non-hydrogen) atoms. The van der Waals surface area contributed by atoms with Gasteiger partial charge in [0.1, 0.15) is 0 Å². The van der Waals surface area contributed by atoms with Crippen LogP contribution in [0.2, 0.25) is 0 Å². The number of rotatable bonds is 5. The number of likely N-dealkylation sites (tertiary alicyclic amines) is 1. The van der Waals surface area contributed by atoms with Crippen molar-refractivity contribution >= 4 is 5.97 Å². The number of hydrogen-bond acceptors (Lipinski definition) is 2. The van der Waals surface area contributed by atoms with Crippen molar-refractivity contribution < 1.29 is 9.90 Å². The predicted molar refractivity (Wildman–Crippen MR) is 63.1 cm³/mol. The maximum atomic E-state index is 9.00. The number of carboxylic acid groups (broad SMARTS) is 1. The molecule has 90 valence electrons. The molecule has 0 atom stereocenters. The summed E-state index contributed by atoms with van der Waals surface area (Å²) in [5.41, 5.74) is 0. The number of carboxylic acids is 1. The summed E-state index contributed by atoms with van der Waals surface area (Å²) in [7, 11) is 0. The van der Waals surface area contributed by atoms with Crippen LogP contribution in [0, 0.1) is 0 Å². The van der Waals surface area contributed by atoms with E-state index >= 15 is 0 Å². The Morgan fingerprint density at radius 1 is 1.20 bits per heavy atom. The normalized spacial score (nSPS) is 15.9. The minimum Gasteiger partial charge on any atom is -0.481 e. The monoisotopic (exact) mass is 215 g/mol. The van der Waals surface area contributed by atoms with E-state index in [1.807, 2.05) is 0 Å². The summed E-state index contributed by atoms with van der Waals surface area (Å²) < 4.78 is 0. The van der Waals surface area contributed by atoms with Gasteiger partial charge in [-0.1, -0.05) is 26.2 Å². The van der Waals surface area contributed by atoms with E-state index in [1.54, 1.807) is 0 Å². The molecule has 1 N–H and O–H groups in total. The standard InChI is InChI=1S/C10H21N.C2H4O2/c1-2-3-4-5-8-11-9-6-7-10-11;1-2(3)4/h2-10H2,1H3;1H3,(H,3,4). The summed E-state index contributed by atoms with van der Waals surface area (Å²) in [6.07, 6.45) is 8.52. The van der Waals surface area contributed by atoms with E-state index in [-0.39, 0.29) is 0 Å². The largest absolute Gasteiger partial charge is 0.481 e. The number of hydrogen-bond donors (Lipinski definition) is 1. The highest BCUT2D eigenvalue weighted by Gasteiger charge is 2.09. The van der Waals surface area contributed by atoms with Gasteiger partial charge in [-0.05, 0) is 38.9 Å². The zero-order valence-corrected chi connectivity index (χ0v) is 10.2. The topological polar surface area (TPSA) is 40.5 Å². The van der Waals surface area contributed by atoms with Gasteiger partial charge in [-0.2, -0.15) is 0 Å². The molecule has 3 nitrogen and oxygen atoms in total. The zero-order valence-electron chi connectivity index (χ0n) is 10.2. The third kappa shape index (κ3) is 11.4. The Morgan fingerprint density at radius 2 is 1.73 bits per heavy atom. The van der Waals surface area contributed by atoms with Crippen molar-refractivity contribution in [3.63, 3.8) is 0 Å². The smallest absolute Gasteiger partial charge is 0.300 e. The Labute approximate surface area is 93.5 Å². The fraction of sp³-hybridized carbons (Fsp3) is 0.917. The summed E-state index contributed by atoms with van der Waals surface area (Å²) in [4.78, 5) is 11.6. The molecule has 1 aliphatic heterocycles. The van der Waals surface area contributed by atoms with E-state index in [2.05, 4.69) is 11.8 Å². The Balaban J connectivity index is 0.000000423. The van der Waals surface area contributed by atoms with Crippen molar-refractivity contribution in [3.8, 4) is 0 Å². The van der Waals surface area contributed by atoms with Crippen molar-refractivity contribution in [2.24, 2.45) is 0 Å². The summed E-state index contributed by atoms with van der Waals surface area (Å²) in [6.45, 7) is 7.45. The number of carbonyl (C=O) groups is 1. The van der Waals surface area contributed by atoms with Gasteiger partial charge in [-0.15, -0.1) is 0 Å². The average molecular weight is 215 g/mol. The Hall–Kier alpha value is -0.570. The quantitative estimate of drug-likeness (QED) is 0.717. The van der Waals surface area contributed by atoms with Crippen LogP contribution < -0.4 is 0 Å². The highest BCUT2D eigenvalue weighted by Crippen LogP contribution is 2.09. The molecular weight excluding hydrogens is 190 g/mol. The second-order valence-corrected chi connectivity index (χ2v) is 4.13. The van der Waals surface area contributed by atoms with Gasteiger partial charge in [0, 0.05) is 6.92 Å². The molecule has 1 aliphatic rings. The molecule has 0 aliphatic carbocycles. The molecule has 0 spiro atoms. The van der Waals surface area contributed by atoms with E-state index < -0.39 is 5.97 Å². The second kappa shape index (κ2) is 9.97. The van der Waals surface area contributed by atoms with Crippen LogP contribution in [0.3, 0.4) is 0 Å². The van der Waals surface area contributed by atoms with Gasteiger partial charge in [-0.25, -0.2) is 0 Å². The van der Waals surface area contributed by atoms with Crippen LogP contribution in [0.15, 0.2) is 0 Å². The maximum absolute atomic E-state index is 9.00. The van der Waals surface area contributed by atoms with Crippen molar-refractivity contribution in [2.75, 3.05) is 19.6 Å². The Morgan fingerprint density at radius 3 is 2.20 bits per heavy atom. The molecule has 0 unspecified atom stereocenters. The lowest BCUT2D eigenvalue weighted by molar-refractivity contribution is -0.134. The van der Waals surface area contributed by atoms with Crippen molar-refractivity contribution in [1.82, 2.24) is 4.90 Å². The Kier molecular flexibility index (Phi) is 9.59. The van der Waals surface area contributed by atoms with Crippen molar-refractivity contribution in [3.05, 3.63) is 0 Å². The molecule has 0 radical (unpaired) electrons. The van der Waals surface area contributed by atoms with Crippen molar-refractivity contribution in [2.45, 2.75) is 52.4 Å². The van der Waals surface area contributed by atoms with Gasteiger partial charge in [0.25, 0.3) is 5.97 Å². The predicted octanol–water partition coefficient (Wildman–Crippen LogP) is 2.75. The summed E-state index contributed by atoms with van der Waals surface area (Å²) in [5, 5.41) is 7.42. The van der Waals surface area contributed by atoms with Crippen molar-refractivity contribution in [1.29, 1.82) is 0 Å². The first kappa shape index (κ1) is 14.4. The minimum absolute atomic E-state index is 0.833. The lowest BCUT2D eigenvalue weighted by atomic mass is 10.2. The van der Waals surface area contributed by atoms with Gasteiger partial charge in [-0.3, -0.25) is 4.79 Å². The number of nitrogens with zero attached hydrogens (tertiary/aromatic N) is 1. The van der Waals surface area contributed by atoms with E-state index in [4.69, 9.17) is 9.90 Å². The third-order valence-corrected chi connectivity index (χ3v) is 2.53. The highest BCUT2D eigenvalue weighted by atomic mass is 16.4. The second-order valence-electron chi connectivity index (χ2n) is 4.13. The molecule has 0 saturated carbocycles. The molecule has 1 heterocycles. The van der Waals surface area contributed by atoms with Crippen LogP contribution in [0.1, 0.15) is 52.4 Å². The minimum atomic E-state index is -0.833. The molecule has 0 aromatic rings. The first-order chi connectivity index (χ1) is 7.16. The fourth-order valence-electron chi connectivity index (χ4n) is 1.77. The van der Waals surface area contributed by atoms with Crippen LogP contribution in [-0.4, -0.2) is 35.6 Å². The van der Waals surface area contributed by atoms with Crippen LogP contribution in [0.5, 0.6) is 0 Å². The number of unbranched alkanes of at least 4 members (excludes halogenated alkanes) is 3. The fourth-order valence-corrected chi connectivity index (χ4v) is 1.77. The first-order valence-corrected chi connectivity index (χ1v) is 6.08. The highest BCUT2D eigenvalue weighted by molar-refractivity contribution is 5.62. The summed E-state index contributed by atoms with van der Waals surface area (Å²) >= 11 is 0. The molecule has 0 bridgehead atoms. The molecule has 0 aromatic carbocycles. The molecule has 0 amide bonds. The molecule has 1 fully saturated rings. The SMILES string of the molecule is CC(=O)O.CCCCCCN1CCCC1. The lowest BCUT2D eigenvalue weighted by Crippen LogP contribution is -2.20. The van der Waals surface area contributed by atoms with E-state index in [1.165, 1.54) is 58.2 Å². The number of aliphatic carboxylic acids is 1. The van der Waals surface area contributed by atoms with Gasteiger partial charge >= 0.3 is 0 Å². The first-order valence-electron chi connectivity index (χ1n) is 6.08. The van der Waals surface area contributed by atoms with Crippen LogP contribution in [-0.2, 0) is 4.79 Å².